The Kier molecular flexibility index (Phi) is 4.21. The molecule has 2 aromatic heterocycles. The van der Waals surface area contributed by atoms with Gasteiger partial charge in [-0.25, -0.2) is 4.68 Å². The third-order valence-electron chi connectivity index (χ3n) is 2.09. The number of aromatic nitrogens is 5. The van der Waals surface area contributed by atoms with Gasteiger partial charge in [0.2, 0.25) is 0 Å². The molecule has 1 N–H and O–H groups in total. The fourth-order valence-corrected chi connectivity index (χ4v) is 1.40. The van der Waals surface area contributed by atoms with Gasteiger partial charge in [-0.05, 0) is 12.1 Å². The Bertz CT molecular complexity index is 624. The fourth-order valence-electron chi connectivity index (χ4n) is 1.40. The smallest absolute Gasteiger partial charge is 0.113 e. The molecule has 0 aliphatic heterocycles. The molecular formula is C9H7N5NiO3-. The average Bonchev–Trinajstić information content (AvgIpc) is 3.01. The predicted molar refractivity (Wildman–Crippen MR) is 52.7 cm³/mol. The van der Waals surface area contributed by atoms with Crippen LogP contribution >= 0.6 is 0 Å². The van der Waals surface area contributed by atoms with Crippen LogP contribution in [0.1, 0.15) is 5.69 Å². The fraction of sp³-hybridized carbons (Fsp3) is 0.111. The minimum atomic E-state index is -0.625. The van der Waals surface area contributed by atoms with E-state index in [1.165, 1.54) is 0 Å². The Hall–Kier alpha value is -1.99. The molecule has 18 heavy (non-hydrogen) atoms. The van der Waals surface area contributed by atoms with Crippen molar-refractivity contribution in [2.45, 2.75) is 6.54 Å². The van der Waals surface area contributed by atoms with Crippen molar-refractivity contribution in [2.24, 2.45) is 0 Å². The SMILES string of the molecule is [O]=[Ni][OH].[c-]1nonc1Cn1nnc2ccccc21. The summed E-state index contributed by atoms with van der Waals surface area (Å²) in [6.07, 6.45) is 2.62. The molecule has 0 fully saturated rings. The summed E-state index contributed by atoms with van der Waals surface area (Å²) < 4.78 is 21.6. The zero-order valence-electron chi connectivity index (χ0n) is 8.83. The van der Waals surface area contributed by atoms with Crippen LogP contribution in [0.4, 0.5) is 0 Å². The molecule has 0 radical (unpaired) electrons. The van der Waals surface area contributed by atoms with E-state index >= 15 is 0 Å². The summed E-state index contributed by atoms with van der Waals surface area (Å²) >= 11 is -0.625. The molecule has 97 valence electrons. The van der Waals surface area contributed by atoms with Gasteiger partial charge in [0.15, 0.2) is 0 Å². The molecule has 0 aliphatic carbocycles. The molecular weight excluding hydrogens is 285 g/mol. The third kappa shape index (κ3) is 2.82. The van der Waals surface area contributed by atoms with Gasteiger partial charge in [0, 0.05) is 0 Å². The number of hydrogen-bond acceptors (Lipinski definition) is 6. The van der Waals surface area contributed by atoms with Gasteiger partial charge in [0.25, 0.3) is 0 Å². The molecule has 0 saturated carbocycles. The van der Waals surface area contributed by atoms with Crippen LogP contribution in [-0.4, -0.2) is 29.6 Å². The van der Waals surface area contributed by atoms with Crippen LogP contribution in [0.15, 0.2) is 28.9 Å². The van der Waals surface area contributed by atoms with E-state index in [0.717, 1.165) is 11.0 Å². The Labute approximate surface area is 107 Å². The number of benzene rings is 1. The topological polar surface area (TPSA) is 107 Å². The maximum absolute atomic E-state index is 8.42. The van der Waals surface area contributed by atoms with Crippen LogP contribution in [0.2, 0.25) is 0 Å². The second-order valence-corrected chi connectivity index (χ2v) is 3.30. The Morgan fingerprint density at radius 3 is 2.94 bits per heavy atom. The van der Waals surface area contributed by atoms with Gasteiger partial charge < -0.3 is 0 Å². The van der Waals surface area contributed by atoms with Gasteiger partial charge in [-0.1, -0.05) is 28.2 Å². The first-order chi connectivity index (χ1) is 8.85. The van der Waals surface area contributed by atoms with Crippen molar-refractivity contribution in [3.63, 3.8) is 0 Å². The van der Waals surface area contributed by atoms with Gasteiger partial charge in [-0.3, -0.25) is 16.0 Å². The van der Waals surface area contributed by atoms with Crippen LogP contribution < -0.4 is 0 Å². The van der Waals surface area contributed by atoms with E-state index in [-0.39, 0.29) is 0 Å². The molecule has 0 unspecified atom stereocenters. The van der Waals surface area contributed by atoms with Crippen molar-refractivity contribution >= 4 is 11.0 Å². The molecule has 1 aromatic carbocycles. The summed E-state index contributed by atoms with van der Waals surface area (Å²) in [7, 11) is 0. The first kappa shape index (κ1) is 12.5. The van der Waals surface area contributed by atoms with E-state index in [9.17, 15) is 0 Å². The van der Waals surface area contributed by atoms with Gasteiger partial charge in [0.1, 0.15) is 5.52 Å². The molecule has 3 rings (SSSR count). The number of hydrogen-bond donors (Lipinski definition) is 1. The van der Waals surface area contributed by atoms with E-state index < -0.39 is 14.7 Å². The summed E-state index contributed by atoms with van der Waals surface area (Å²) in [6, 6.07) is 7.71. The number of para-hydroxylation sites is 1. The maximum Gasteiger partial charge on any atom is 0.113 e. The van der Waals surface area contributed by atoms with Crippen LogP contribution in [0.3, 0.4) is 0 Å². The molecule has 0 aliphatic rings. The molecule has 0 amide bonds. The van der Waals surface area contributed by atoms with Crippen molar-refractivity contribution in [1.82, 2.24) is 25.3 Å². The van der Waals surface area contributed by atoms with E-state index in [1.807, 2.05) is 24.3 Å². The Morgan fingerprint density at radius 2 is 2.22 bits per heavy atom. The summed E-state index contributed by atoms with van der Waals surface area (Å²) in [5.41, 5.74) is 2.41. The largest absolute Gasteiger partial charge is 0.295 e. The quantitative estimate of drug-likeness (QED) is 0.522. The second kappa shape index (κ2) is 6.08. The molecule has 2 heterocycles. The summed E-state index contributed by atoms with van der Waals surface area (Å²) in [5.74, 6) is 0. The van der Waals surface area contributed by atoms with Crippen molar-refractivity contribution in [3.8, 4) is 0 Å². The molecule has 3 aromatic rings. The van der Waals surface area contributed by atoms with Crippen LogP contribution in [-0.2, 0) is 25.1 Å². The Balaban J connectivity index is 0.000000367. The van der Waals surface area contributed by atoms with E-state index in [1.54, 1.807) is 4.68 Å². The normalized spacial score (nSPS) is 10.3. The monoisotopic (exact) mass is 291 g/mol. The van der Waals surface area contributed by atoms with Crippen molar-refractivity contribution in [1.29, 1.82) is 0 Å². The van der Waals surface area contributed by atoms with E-state index in [0.29, 0.717) is 12.2 Å². The molecule has 9 heteroatoms. The minimum absolute atomic E-state index is 0.462. The predicted octanol–water partition coefficient (Wildman–Crippen LogP) is -0.0155. The first-order valence-corrected chi connectivity index (χ1v) is 5.52. The average molecular weight is 292 g/mol. The number of nitrogens with zero attached hydrogens (tertiary/aromatic N) is 5. The van der Waals surface area contributed by atoms with Crippen LogP contribution in [0, 0.1) is 6.20 Å². The zero-order valence-corrected chi connectivity index (χ0v) is 9.82. The van der Waals surface area contributed by atoms with Gasteiger partial charge >= 0.3 is 22.8 Å². The summed E-state index contributed by atoms with van der Waals surface area (Å²) in [5, 5.41) is 15.1. The maximum atomic E-state index is 8.42. The minimum Gasteiger partial charge on any atom is -0.295 e. The summed E-state index contributed by atoms with van der Waals surface area (Å²) in [6.45, 7) is 0.462. The van der Waals surface area contributed by atoms with Crippen molar-refractivity contribution < 1.29 is 27.5 Å². The molecule has 0 spiro atoms. The van der Waals surface area contributed by atoms with E-state index in [2.05, 4.69) is 31.5 Å². The Morgan fingerprint density at radius 1 is 1.44 bits per heavy atom. The zero-order chi connectivity index (χ0) is 12.8. The first-order valence-electron chi connectivity index (χ1n) is 4.68. The third-order valence-corrected chi connectivity index (χ3v) is 2.09. The second-order valence-electron chi connectivity index (χ2n) is 3.12. The molecule has 0 bridgehead atoms. The standard InChI is InChI=1S/C9H6N5O.Ni.H2O.O/c1-2-4-9-8(3-1)11-13-14(9)6-7-5-10-15-12-7;;;/h1-4H,6H2;;1H2;/q-1;+1;;/p-1. The van der Waals surface area contributed by atoms with Gasteiger partial charge in [-0.15, -0.1) is 5.10 Å². The molecule has 0 atom stereocenters. The van der Waals surface area contributed by atoms with Crippen molar-refractivity contribution in [2.75, 3.05) is 0 Å². The van der Waals surface area contributed by atoms with Crippen LogP contribution in [0.5, 0.6) is 0 Å². The number of rotatable bonds is 2. The summed E-state index contributed by atoms with van der Waals surface area (Å²) in [4.78, 5) is 0. The van der Waals surface area contributed by atoms with Gasteiger partial charge in [-0.2, -0.15) is 0 Å². The molecule has 8 nitrogen and oxygen atoms in total. The van der Waals surface area contributed by atoms with Gasteiger partial charge in [0.05, 0.1) is 12.1 Å². The number of fused-ring (bicyclic) bond motifs is 1. The molecule has 0 saturated heterocycles. The van der Waals surface area contributed by atoms with Crippen LogP contribution in [0.25, 0.3) is 11.0 Å². The van der Waals surface area contributed by atoms with Crippen molar-refractivity contribution in [3.05, 3.63) is 36.2 Å². The van der Waals surface area contributed by atoms with E-state index in [4.69, 9.17) is 8.15 Å².